The fourth-order valence-electron chi connectivity index (χ4n) is 1.77. The summed E-state index contributed by atoms with van der Waals surface area (Å²) in [5.74, 6) is 0.307. The van der Waals surface area contributed by atoms with Crippen LogP contribution in [0, 0.1) is 0 Å². The summed E-state index contributed by atoms with van der Waals surface area (Å²) in [5.41, 5.74) is 7.18. The Labute approximate surface area is 116 Å². The number of rotatable bonds is 5. The van der Waals surface area contributed by atoms with Crippen molar-refractivity contribution < 1.29 is 4.79 Å². The van der Waals surface area contributed by atoms with Gasteiger partial charge in [-0.05, 0) is 18.9 Å². The fraction of sp³-hybridized carbons (Fsp3) is 0.417. The number of nitrogens with one attached hydrogen (secondary N) is 1. The summed E-state index contributed by atoms with van der Waals surface area (Å²) in [4.78, 5) is 16.1. The van der Waals surface area contributed by atoms with Crippen LogP contribution in [0.1, 0.15) is 25.2 Å². The zero-order chi connectivity index (χ0) is 14.5. The fourth-order valence-corrected chi connectivity index (χ4v) is 1.77. The van der Waals surface area contributed by atoms with Gasteiger partial charge in [-0.1, -0.05) is 13.8 Å². The first-order valence-electron chi connectivity index (χ1n) is 6.43. The standard InChI is InChI=1S/C12H17N7O/c1-3-8-9(4-2)16-17-12(14-8)15-11(20)7-19-6-5-10(13)18-19/h5-6H,3-4,7H2,1-2H3,(H2,13,18)(H,14,15,17,20). The van der Waals surface area contributed by atoms with E-state index in [9.17, 15) is 4.79 Å². The van der Waals surface area contributed by atoms with Gasteiger partial charge in [-0.15, -0.1) is 10.2 Å². The molecule has 106 valence electrons. The van der Waals surface area contributed by atoms with E-state index in [-0.39, 0.29) is 18.4 Å². The van der Waals surface area contributed by atoms with Crippen molar-refractivity contribution in [3.63, 3.8) is 0 Å². The summed E-state index contributed by atoms with van der Waals surface area (Å²) in [5, 5.41) is 14.5. The van der Waals surface area contributed by atoms with E-state index in [1.807, 2.05) is 13.8 Å². The van der Waals surface area contributed by atoms with Crippen LogP contribution in [0.2, 0.25) is 0 Å². The second-order valence-electron chi connectivity index (χ2n) is 4.22. The van der Waals surface area contributed by atoms with E-state index in [0.717, 1.165) is 24.2 Å². The molecule has 0 aliphatic carbocycles. The summed E-state index contributed by atoms with van der Waals surface area (Å²) in [7, 11) is 0. The van der Waals surface area contributed by atoms with Crippen LogP contribution in [0.3, 0.4) is 0 Å². The third-order valence-corrected chi connectivity index (χ3v) is 2.73. The van der Waals surface area contributed by atoms with Crippen molar-refractivity contribution in [2.24, 2.45) is 0 Å². The van der Waals surface area contributed by atoms with Crippen LogP contribution in [-0.4, -0.2) is 30.9 Å². The predicted molar refractivity (Wildman–Crippen MR) is 73.9 cm³/mol. The molecule has 0 unspecified atom stereocenters. The van der Waals surface area contributed by atoms with Crippen molar-refractivity contribution in [3.8, 4) is 0 Å². The Morgan fingerprint density at radius 3 is 2.65 bits per heavy atom. The summed E-state index contributed by atoms with van der Waals surface area (Å²) < 4.78 is 1.44. The first-order chi connectivity index (χ1) is 9.62. The zero-order valence-electron chi connectivity index (χ0n) is 11.5. The highest BCUT2D eigenvalue weighted by Crippen LogP contribution is 2.07. The molecular formula is C12H17N7O. The van der Waals surface area contributed by atoms with Gasteiger partial charge in [-0.2, -0.15) is 5.10 Å². The quantitative estimate of drug-likeness (QED) is 0.817. The van der Waals surface area contributed by atoms with Gasteiger partial charge in [0.05, 0.1) is 11.4 Å². The van der Waals surface area contributed by atoms with Crippen molar-refractivity contribution in [2.75, 3.05) is 11.1 Å². The minimum atomic E-state index is -0.277. The molecule has 0 radical (unpaired) electrons. The molecule has 0 spiro atoms. The molecule has 8 nitrogen and oxygen atoms in total. The van der Waals surface area contributed by atoms with Crippen LogP contribution in [0.4, 0.5) is 11.8 Å². The summed E-state index contributed by atoms with van der Waals surface area (Å²) >= 11 is 0. The number of nitrogens with zero attached hydrogens (tertiary/aromatic N) is 5. The Morgan fingerprint density at radius 2 is 2.05 bits per heavy atom. The molecule has 0 aliphatic rings. The maximum absolute atomic E-state index is 11.8. The average molecular weight is 275 g/mol. The lowest BCUT2D eigenvalue weighted by molar-refractivity contribution is -0.116. The molecule has 0 atom stereocenters. The number of carbonyl (C=O) groups is 1. The molecule has 0 saturated heterocycles. The lowest BCUT2D eigenvalue weighted by Gasteiger charge is -2.07. The van der Waals surface area contributed by atoms with E-state index in [2.05, 4.69) is 25.6 Å². The normalized spacial score (nSPS) is 10.5. The van der Waals surface area contributed by atoms with Gasteiger partial charge >= 0.3 is 0 Å². The van der Waals surface area contributed by atoms with Crippen molar-refractivity contribution in [1.29, 1.82) is 0 Å². The van der Waals surface area contributed by atoms with Crippen LogP contribution in [0.5, 0.6) is 0 Å². The Bertz CT molecular complexity index is 608. The number of hydrogen-bond acceptors (Lipinski definition) is 6. The topological polar surface area (TPSA) is 112 Å². The van der Waals surface area contributed by atoms with Crippen molar-refractivity contribution >= 4 is 17.7 Å². The average Bonchev–Trinajstić information content (AvgIpc) is 2.83. The van der Waals surface area contributed by atoms with E-state index in [1.54, 1.807) is 12.3 Å². The third kappa shape index (κ3) is 3.28. The number of nitrogens with two attached hydrogens (primary N) is 1. The maximum atomic E-state index is 11.8. The zero-order valence-corrected chi connectivity index (χ0v) is 11.5. The summed E-state index contributed by atoms with van der Waals surface area (Å²) in [6, 6.07) is 1.62. The van der Waals surface area contributed by atoms with E-state index in [4.69, 9.17) is 5.73 Å². The SMILES string of the molecule is CCc1nnc(NC(=O)Cn2ccc(N)n2)nc1CC. The molecule has 2 aromatic rings. The molecule has 0 bridgehead atoms. The largest absolute Gasteiger partial charge is 0.382 e. The number of aryl methyl sites for hydroxylation is 2. The first-order valence-corrected chi connectivity index (χ1v) is 6.43. The molecule has 2 rings (SSSR count). The molecule has 2 aromatic heterocycles. The van der Waals surface area contributed by atoms with Gasteiger partial charge < -0.3 is 5.73 Å². The number of anilines is 2. The lowest BCUT2D eigenvalue weighted by Crippen LogP contribution is -2.21. The van der Waals surface area contributed by atoms with Gasteiger partial charge in [0.15, 0.2) is 0 Å². The molecule has 2 heterocycles. The second-order valence-corrected chi connectivity index (χ2v) is 4.22. The number of nitrogen functional groups attached to an aromatic ring is 1. The highest BCUT2D eigenvalue weighted by atomic mass is 16.2. The van der Waals surface area contributed by atoms with Gasteiger partial charge in [-0.25, -0.2) is 4.98 Å². The molecule has 20 heavy (non-hydrogen) atoms. The highest BCUT2D eigenvalue weighted by molar-refractivity contribution is 5.88. The van der Waals surface area contributed by atoms with Gasteiger partial charge in [-0.3, -0.25) is 14.8 Å². The molecule has 0 saturated carbocycles. The molecule has 0 aromatic carbocycles. The molecule has 8 heteroatoms. The smallest absolute Gasteiger partial charge is 0.249 e. The van der Waals surface area contributed by atoms with Gasteiger partial charge in [0.2, 0.25) is 11.9 Å². The molecular weight excluding hydrogens is 258 g/mol. The van der Waals surface area contributed by atoms with E-state index in [1.165, 1.54) is 4.68 Å². The Kier molecular flexibility index (Phi) is 4.24. The monoisotopic (exact) mass is 275 g/mol. The van der Waals surface area contributed by atoms with Gasteiger partial charge in [0, 0.05) is 6.20 Å². The second kappa shape index (κ2) is 6.09. The maximum Gasteiger partial charge on any atom is 0.249 e. The van der Waals surface area contributed by atoms with Crippen LogP contribution >= 0.6 is 0 Å². The lowest BCUT2D eigenvalue weighted by atomic mass is 10.2. The molecule has 0 aliphatic heterocycles. The van der Waals surface area contributed by atoms with Crippen LogP contribution in [-0.2, 0) is 24.2 Å². The molecule has 0 fully saturated rings. The van der Waals surface area contributed by atoms with Crippen molar-refractivity contribution in [1.82, 2.24) is 25.0 Å². The third-order valence-electron chi connectivity index (χ3n) is 2.73. The van der Waals surface area contributed by atoms with E-state index < -0.39 is 0 Å². The Morgan fingerprint density at radius 1 is 1.30 bits per heavy atom. The number of hydrogen-bond donors (Lipinski definition) is 2. The van der Waals surface area contributed by atoms with Gasteiger partial charge in [0.25, 0.3) is 0 Å². The predicted octanol–water partition coefficient (Wildman–Crippen LogP) is 0.414. The van der Waals surface area contributed by atoms with Crippen LogP contribution in [0.15, 0.2) is 12.3 Å². The number of carbonyl (C=O) groups excluding carboxylic acids is 1. The number of aromatic nitrogens is 5. The number of amides is 1. The van der Waals surface area contributed by atoms with Crippen LogP contribution < -0.4 is 11.1 Å². The Balaban J connectivity index is 2.04. The minimum absolute atomic E-state index is 0.0531. The van der Waals surface area contributed by atoms with E-state index >= 15 is 0 Å². The van der Waals surface area contributed by atoms with Gasteiger partial charge in [0.1, 0.15) is 12.4 Å². The Hall–Kier alpha value is -2.51. The molecule has 1 amide bonds. The van der Waals surface area contributed by atoms with E-state index in [0.29, 0.717) is 5.82 Å². The van der Waals surface area contributed by atoms with Crippen LogP contribution in [0.25, 0.3) is 0 Å². The highest BCUT2D eigenvalue weighted by Gasteiger charge is 2.10. The summed E-state index contributed by atoms with van der Waals surface area (Å²) in [6.07, 6.45) is 3.15. The van der Waals surface area contributed by atoms with Crippen molar-refractivity contribution in [3.05, 3.63) is 23.7 Å². The molecule has 3 N–H and O–H groups in total. The minimum Gasteiger partial charge on any atom is -0.382 e. The van der Waals surface area contributed by atoms with Crippen molar-refractivity contribution in [2.45, 2.75) is 33.2 Å². The summed E-state index contributed by atoms with van der Waals surface area (Å²) in [6.45, 7) is 4.03. The first kappa shape index (κ1) is 13.9.